The molecule has 4 heteroatoms. The highest BCUT2D eigenvalue weighted by molar-refractivity contribution is 6.24. The highest BCUT2D eigenvalue weighted by atomic mass is 16.2. The van der Waals surface area contributed by atoms with Crippen molar-refractivity contribution in [2.45, 2.75) is 6.42 Å². The Morgan fingerprint density at radius 3 is 2.38 bits per heavy atom. The van der Waals surface area contributed by atoms with Gasteiger partial charge in [-0.05, 0) is 23.6 Å². The molecule has 0 atom stereocenters. The monoisotopic (exact) mass is 422 g/mol. The third kappa shape index (κ3) is 3.90. The second kappa shape index (κ2) is 8.93. The van der Waals surface area contributed by atoms with Crippen LogP contribution in [0.2, 0.25) is 0 Å². The summed E-state index contributed by atoms with van der Waals surface area (Å²) in [7, 11) is 0. The second-order valence-corrected chi connectivity index (χ2v) is 8.36. The Hall–Kier alpha value is -3.50. The predicted molar refractivity (Wildman–Crippen MR) is 128 cm³/mol. The van der Waals surface area contributed by atoms with E-state index in [2.05, 4.69) is 29.2 Å². The maximum absolute atomic E-state index is 13.5. The van der Waals surface area contributed by atoms with Crippen LogP contribution in [-0.4, -0.2) is 54.2 Å². The molecule has 1 fully saturated rings. The van der Waals surface area contributed by atoms with E-state index in [1.54, 1.807) is 0 Å². The van der Waals surface area contributed by atoms with Crippen LogP contribution in [0.4, 0.5) is 0 Å². The van der Waals surface area contributed by atoms with E-state index in [4.69, 9.17) is 0 Å². The van der Waals surface area contributed by atoms with Crippen LogP contribution in [0, 0.1) is 0 Å². The van der Waals surface area contributed by atoms with Crippen LogP contribution in [0.1, 0.15) is 38.3 Å². The summed E-state index contributed by atoms with van der Waals surface area (Å²) in [6, 6.07) is 23.4. The number of hydrogen-bond donors (Lipinski definition) is 0. The average molecular weight is 423 g/mol. The Balaban J connectivity index is 1.30. The fraction of sp³-hybridized carbons (Fsp3) is 0.214. The zero-order valence-electron chi connectivity index (χ0n) is 18.0. The highest BCUT2D eigenvalue weighted by Crippen LogP contribution is 2.39. The van der Waals surface area contributed by atoms with Crippen molar-refractivity contribution >= 4 is 17.8 Å². The van der Waals surface area contributed by atoms with E-state index >= 15 is 0 Å². The third-order valence-corrected chi connectivity index (χ3v) is 6.33. The molecule has 5 rings (SSSR count). The largest absolute Gasteiger partial charge is 0.337 e. The SMILES string of the molecule is O=C1c2ccccc2-c2c1cccc2C(=O)N1CCCN(CC=Cc2ccccc2)CC1. The highest BCUT2D eigenvalue weighted by Gasteiger charge is 2.31. The first-order valence-corrected chi connectivity index (χ1v) is 11.2. The molecule has 4 nitrogen and oxygen atoms in total. The van der Waals surface area contributed by atoms with Crippen LogP contribution in [0.15, 0.2) is 78.9 Å². The zero-order valence-corrected chi connectivity index (χ0v) is 18.0. The quantitative estimate of drug-likeness (QED) is 0.476. The van der Waals surface area contributed by atoms with Crippen LogP contribution in [0.25, 0.3) is 17.2 Å². The lowest BCUT2D eigenvalue weighted by Gasteiger charge is -2.22. The topological polar surface area (TPSA) is 40.6 Å². The first-order chi connectivity index (χ1) is 15.7. The molecule has 0 saturated carbocycles. The number of carbonyl (C=O) groups excluding carboxylic acids is 2. The van der Waals surface area contributed by atoms with E-state index in [1.165, 1.54) is 5.56 Å². The molecule has 0 aromatic heterocycles. The van der Waals surface area contributed by atoms with Crippen molar-refractivity contribution in [2.75, 3.05) is 32.7 Å². The molecule has 0 N–H and O–H groups in total. The number of fused-ring (bicyclic) bond motifs is 3. The summed E-state index contributed by atoms with van der Waals surface area (Å²) in [6.45, 7) is 4.11. The van der Waals surface area contributed by atoms with Crippen LogP contribution < -0.4 is 0 Å². The molecule has 160 valence electrons. The smallest absolute Gasteiger partial charge is 0.254 e. The van der Waals surface area contributed by atoms with Gasteiger partial charge in [0.05, 0.1) is 0 Å². The predicted octanol–water partition coefficient (Wildman–Crippen LogP) is 4.76. The molecule has 2 aliphatic rings. The van der Waals surface area contributed by atoms with Crippen molar-refractivity contribution in [3.05, 3.63) is 101 Å². The van der Waals surface area contributed by atoms with Gasteiger partial charge in [0.1, 0.15) is 0 Å². The zero-order chi connectivity index (χ0) is 21.9. The standard InChI is InChI=1S/C28H26N2O2/c31-27-23-13-5-4-12-22(23)26-24(27)14-6-15-25(26)28(32)30-18-8-17-29(19-20-30)16-7-11-21-9-2-1-3-10-21/h1-7,9-15H,8,16-20H2. The Morgan fingerprint density at radius 1 is 0.781 bits per heavy atom. The van der Waals surface area contributed by atoms with E-state index in [0.29, 0.717) is 23.2 Å². The van der Waals surface area contributed by atoms with Gasteiger partial charge < -0.3 is 4.90 Å². The maximum Gasteiger partial charge on any atom is 0.254 e. The number of ketones is 1. The Kier molecular flexibility index (Phi) is 5.70. The van der Waals surface area contributed by atoms with E-state index in [9.17, 15) is 9.59 Å². The third-order valence-electron chi connectivity index (χ3n) is 6.33. The van der Waals surface area contributed by atoms with Crippen LogP contribution in [0.5, 0.6) is 0 Å². The normalized spacial score (nSPS) is 16.1. The summed E-state index contributed by atoms with van der Waals surface area (Å²) in [5.41, 5.74) is 4.84. The number of carbonyl (C=O) groups is 2. The van der Waals surface area contributed by atoms with Gasteiger partial charge in [-0.1, -0.05) is 78.9 Å². The summed E-state index contributed by atoms with van der Waals surface area (Å²) < 4.78 is 0. The summed E-state index contributed by atoms with van der Waals surface area (Å²) in [5, 5.41) is 0. The van der Waals surface area contributed by atoms with Gasteiger partial charge in [0, 0.05) is 55.0 Å². The van der Waals surface area contributed by atoms with Crippen molar-refractivity contribution in [3.8, 4) is 11.1 Å². The van der Waals surface area contributed by atoms with E-state index in [-0.39, 0.29) is 11.7 Å². The first-order valence-electron chi connectivity index (χ1n) is 11.2. The van der Waals surface area contributed by atoms with Gasteiger partial charge in [0.2, 0.25) is 0 Å². The summed E-state index contributed by atoms with van der Waals surface area (Å²) in [5.74, 6) is 0.0329. The molecule has 0 spiro atoms. The summed E-state index contributed by atoms with van der Waals surface area (Å²) in [6.07, 6.45) is 5.28. The maximum atomic E-state index is 13.5. The lowest BCUT2D eigenvalue weighted by Crippen LogP contribution is -2.35. The van der Waals surface area contributed by atoms with E-state index in [0.717, 1.165) is 43.7 Å². The van der Waals surface area contributed by atoms with Gasteiger partial charge in [-0.2, -0.15) is 0 Å². The molecule has 1 heterocycles. The van der Waals surface area contributed by atoms with Crippen molar-refractivity contribution < 1.29 is 9.59 Å². The lowest BCUT2D eigenvalue weighted by atomic mass is 9.98. The van der Waals surface area contributed by atoms with Gasteiger partial charge in [0.15, 0.2) is 5.78 Å². The fourth-order valence-corrected chi connectivity index (χ4v) is 4.68. The van der Waals surface area contributed by atoms with Crippen molar-refractivity contribution in [1.82, 2.24) is 9.80 Å². The summed E-state index contributed by atoms with van der Waals surface area (Å²) >= 11 is 0. The molecule has 0 unspecified atom stereocenters. The number of nitrogens with zero attached hydrogens (tertiary/aromatic N) is 2. The molecule has 1 aliphatic heterocycles. The molecule has 1 amide bonds. The molecular formula is C28H26N2O2. The van der Waals surface area contributed by atoms with Crippen molar-refractivity contribution in [2.24, 2.45) is 0 Å². The lowest BCUT2D eigenvalue weighted by molar-refractivity contribution is 0.0763. The van der Waals surface area contributed by atoms with Gasteiger partial charge >= 0.3 is 0 Å². The van der Waals surface area contributed by atoms with Crippen LogP contribution in [-0.2, 0) is 0 Å². The Labute approximate surface area is 188 Å². The molecule has 0 radical (unpaired) electrons. The molecule has 3 aromatic carbocycles. The van der Waals surface area contributed by atoms with Gasteiger partial charge in [0.25, 0.3) is 5.91 Å². The van der Waals surface area contributed by atoms with Crippen molar-refractivity contribution in [1.29, 1.82) is 0 Å². The molecule has 1 aliphatic carbocycles. The van der Waals surface area contributed by atoms with E-state index < -0.39 is 0 Å². The van der Waals surface area contributed by atoms with Crippen molar-refractivity contribution in [3.63, 3.8) is 0 Å². The Bertz CT molecular complexity index is 1180. The minimum absolute atomic E-state index is 0.0116. The van der Waals surface area contributed by atoms with Crippen LogP contribution >= 0.6 is 0 Å². The molecule has 3 aromatic rings. The number of rotatable bonds is 4. The fourth-order valence-electron chi connectivity index (χ4n) is 4.68. The van der Waals surface area contributed by atoms with E-state index in [1.807, 2.05) is 65.6 Å². The minimum atomic E-state index is 0.0116. The number of benzene rings is 3. The van der Waals surface area contributed by atoms with Crippen LogP contribution in [0.3, 0.4) is 0 Å². The minimum Gasteiger partial charge on any atom is -0.337 e. The molecule has 0 bridgehead atoms. The van der Waals surface area contributed by atoms with Gasteiger partial charge in [-0.25, -0.2) is 0 Å². The Morgan fingerprint density at radius 2 is 1.53 bits per heavy atom. The average Bonchev–Trinajstić information content (AvgIpc) is 2.98. The summed E-state index contributed by atoms with van der Waals surface area (Å²) in [4.78, 5) is 30.7. The van der Waals surface area contributed by atoms with Gasteiger partial charge in [-0.3, -0.25) is 14.5 Å². The molecular weight excluding hydrogens is 396 g/mol. The molecule has 1 saturated heterocycles. The first kappa shape index (κ1) is 20.4. The second-order valence-electron chi connectivity index (χ2n) is 8.36. The van der Waals surface area contributed by atoms with Gasteiger partial charge in [-0.15, -0.1) is 0 Å². The number of hydrogen-bond acceptors (Lipinski definition) is 3. The molecule has 32 heavy (non-hydrogen) atoms. The number of amides is 1.